The summed E-state index contributed by atoms with van der Waals surface area (Å²) < 4.78 is 35.1. The van der Waals surface area contributed by atoms with Gasteiger partial charge in [0, 0.05) is 16.5 Å². The Labute approximate surface area is 180 Å². The summed E-state index contributed by atoms with van der Waals surface area (Å²) in [5.41, 5.74) is 1.20. The number of hydrogen-bond donors (Lipinski definition) is 0. The van der Waals surface area contributed by atoms with Gasteiger partial charge in [0.05, 0.1) is 31.3 Å². The van der Waals surface area contributed by atoms with Crippen LogP contribution in [0.1, 0.15) is 17.3 Å². The van der Waals surface area contributed by atoms with Gasteiger partial charge in [-0.25, -0.2) is 8.42 Å². The van der Waals surface area contributed by atoms with Crippen LogP contribution in [0.25, 0.3) is 0 Å². The molecule has 2 atom stereocenters. The minimum Gasteiger partial charge on any atom is -0.497 e. The first kappa shape index (κ1) is 20.7. The van der Waals surface area contributed by atoms with E-state index >= 15 is 0 Å². The van der Waals surface area contributed by atoms with Gasteiger partial charge < -0.3 is 14.4 Å². The second-order valence-corrected chi connectivity index (χ2v) is 10.4. The summed E-state index contributed by atoms with van der Waals surface area (Å²) in [6, 6.07) is 14.0. The van der Waals surface area contributed by atoms with Crippen molar-refractivity contribution in [3.05, 3.63) is 54.1 Å². The Morgan fingerprint density at radius 1 is 1.17 bits per heavy atom. The number of thioether (sulfide) groups is 1. The highest BCUT2D eigenvalue weighted by molar-refractivity contribution is 8.16. The van der Waals surface area contributed by atoms with Crippen LogP contribution >= 0.6 is 11.8 Å². The van der Waals surface area contributed by atoms with Crippen molar-refractivity contribution in [2.45, 2.75) is 18.2 Å². The number of ether oxygens (including phenoxy) is 2. The second-order valence-electron chi connectivity index (χ2n) is 7.03. The first-order valence-electron chi connectivity index (χ1n) is 9.56. The van der Waals surface area contributed by atoms with Gasteiger partial charge in [-0.3, -0.25) is 4.79 Å². The molecule has 9 heteroatoms. The lowest BCUT2D eigenvalue weighted by Gasteiger charge is -2.24. The molecule has 4 rings (SSSR count). The molecule has 0 spiro atoms. The van der Waals surface area contributed by atoms with Gasteiger partial charge in [-0.1, -0.05) is 17.8 Å². The van der Waals surface area contributed by atoms with Crippen molar-refractivity contribution in [2.24, 2.45) is 4.99 Å². The number of anilines is 1. The first-order valence-corrected chi connectivity index (χ1v) is 12.3. The Hall–Kier alpha value is -2.52. The second kappa shape index (κ2) is 8.31. The third kappa shape index (κ3) is 4.17. The first-order chi connectivity index (χ1) is 14.4. The van der Waals surface area contributed by atoms with Crippen molar-refractivity contribution in [3.8, 4) is 11.5 Å². The molecule has 0 aliphatic carbocycles. The van der Waals surface area contributed by atoms with Gasteiger partial charge in [0.2, 0.25) is 0 Å². The van der Waals surface area contributed by atoms with Gasteiger partial charge in [0.15, 0.2) is 15.0 Å². The largest absolute Gasteiger partial charge is 0.497 e. The summed E-state index contributed by atoms with van der Waals surface area (Å²) in [7, 11) is -1.58. The fraction of sp³-hybridized carbons (Fsp3) is 0.333. The molecule has 0 bridgehead atoms. The summed E-state index contributed by atoms with van der Waals surface area (Å²) in [6.07, 6.45) is 0. The smallest absolute Gasteiger partial charge is 0.279 e. The molecule has 0 N–H and O–H groups in total. The lowest BCUT2D eigenvalue weighted by molar-refractivity contribution is 0.100. The van der Waals surface area contributed by atoms with E-state index in [1.165, 1.54) is 18.9 Å². The normalized spacial score (nSPS) is 23.4. The van der Waals surface area contributed by atoms with Gasteiger partial charge in [0.25, 0.3) is 5.91 Å². The summed E-state index contributed by atoms with van der Waals surface area (Å²) in [5, 5.41) is 0.357. The van der Waals surface area contributed by atoms with E-state index < -0.39 is 15.7 Å². The minimum atomic E-state index is -3.12. The van der Waals surface area contributed by atoms with Crippen LogP contribution in [0.15, 0.2) is 53.5 Å². The number of aliphatic imine (C=N–C) groups is 1. The van der Waals surface area contributed by atoms with Crippen molar-refractivity contribution >= 4 is 38.4 Å². The Morgan fingerprint density at radius 3 is 2.63 bits per heavy atom. The van der Waals surface area contributed by atoms with Gasteiger partial charge in [-0.2, -0.15) is 4.99 Å². The SMILES string of the molecule is CCOc1ccc(N2C(=NC(=O)c3cccc(OC)c3)SC3CS(=O)(=O)CC32)cc1. The third-order valence-electron chi connectivity index (χ3n) is 5.01. The molecular weight excluding hydrogens is 424 g/mol. The van der Waals surface area contributed by atoms with Crippen molar-refractivity contribution in [1.82, 2.24) is 0 Å². The molecule has 2 aromatic rings. The van der Waals surface area contributed by atoms with E-state index in [2.05, 4.69) is 4.99 Å². The molecule has 1 amide bonds. The quantitative estimate of drug-likeness (QED) is 0.698. The number of amides is 1. The number of carbonyl (C=O) groups is 1. The molecule has 0 saturated carbocycles. The number of carbonyl (C=O) groups excluding carboxylic acids is 1. The average molecular weight is 447 g/mol. The number of methoxy groups -OCH3 is 1. The number of hydrogen-bond acceptors (Lipinski definition) is 6. The van der Waals surface area contributed by atoms with Crippen LogP contribution in [0.5, 0.6) is 11.5 Å². The van der Waals surface area contributed by atoms with Gasteiger partial charge in [-0.15, -0.1) is 0 Å². The molecular formula is C21H22N2O5S2. The van der Waals surface area contributed by atoms with Crippen molar-refractivity contribution in [3.63, 3.8) is 0 Å². The Balaban J connectivity index is 1.68. The van der Waals surface area contributed by atoms with E-state index in [-0.39, 0.29) is 22.8 Å². The highest BCUT2D eigenvalue weighted by Gasteiger charge is 2.49. The number of nitrogens with zero attached hydrogens (tertiary/aromatic N) is 2. The molecule has 30 heavy (non-hydrogen) atoms. The monoisotopic (exact) mass is 446 g/mol. The Bertz CT molecular complexity index is 1080. The van der Waals surface area contributed by atoms with E-state index in [1.807, 2.05) is 36.1 Å². The maximum absolute atomic E-state index is 12.8. The molecule has 0 radical (unpaired) electrons. The molecule has 2 aliphatic heterocycles. The standard InChI is InChI=1S/C21H22N2O5S2/c1-3-28-16-9-7-15(8-10-16)23-18-12-30(25,26)13-19(18)29-21(23)22-20(24)14-5-4-6-17(11-14)27-2/h4-11,18-19H,3,12-13H2,1-2H3. The van der Waals surface area contributed by atoms with Crippen LogP contribution in [0.3, 0.4) is 0 Å². The van der Waals surface area contributed by atoms with Gasteiger partial charge >= 0.3 is 0 Å². The number of fused-ring (bicyclic) bond motifs is 1. The predicted molar refractivity (Wildman–Crippen MR) is 119 cm³/mol. The van der Waals surface area contributed by atoms with Gasteiger partial charge in [-0.05, 0) is 49.4 Å². The highest BCUT2D eigenvalue weighted by Crippen LogP contribution is 2.41. The van der Waals surface area contributed by atoms with Crippen molar-refractivity contribution in [2.75, 3.05) is 30.1 Å². The zero-order chi connectivity index (χ0) is 21.3. The average Bonchev–Trinajstić information content (AvgIpc) is 3.19. The lowest BCUT2D eigenvalue weighted by atomic mass is 10.2. The van der Waals surface area contributed by atoms with E-state index in [4.69, 9.17) is 9.47 Å². The summed E-state index contributed by atoms with van der Waals surface area (Å²) >= 11 is 1.35. The Kier molecular flexibility index (Phi) is 5.75. The topological polar surface area (TPSA) is 85.3 Å². The lowest BCUT2D eigenvalue weighted by Crippen LogP contribution is -2.37. The van der Waals surface area contributed by atoms with Crippen LogP contribution in [0, 0.1) is 0 Å². The molecule has 2 heterocycles. The van der Waals surface area contributed by atoms with Crippen LogP contribution < -0.4 is 14.4 Å². The van der Waals surface area contributed by atoms with Crippen LogP contribution in [0.4, 0.5) is 5.69 Å². The molecule has 7 nitrogen and oxygen atoms in total. The van der Waals surface area contributed by atoms with Crippen molar-refractivity contribution in [1.29, 1.82) is 0 Å². The zero-order valence-corrected chi connectivity index (χ0v) is 18.3. The molecule has 158 valence electrons. The zero-order valence-electron chi connectivity index (χ0n) is 16.6. The van der Waals surface area contributed by atoms with Gasteiger partial charge in [0.1, 0.15) is 11.5 Å². The maximum Gasteiger partial charge on any atom is 0.279 e. The van der Waals surface area contributed by atoms with Crippen LogP contribution in [-0.2, 0) is 9.84 Å². The summed E-state index contributed by atoms with van der Waals surface area (Å²) in [4.78, 5) is 19.0. The molecule has 2 aromatic carbocycles. The molecule has 2 saturated heterocycles. The fourth-order valence-corrected chi connectivity index (χ4v) is 7.56. The van der Waals surface area contributed by atoms with E-state index in [1.54, 1.807) is 24.3 Å². The number of benzene rings is 2. The minimum absolute atomic E-state index is 0.0459. The predicted octanol–water partition coefficient (Wildman–Crippen LogP) is 3.01. The number of rotatable bonds is 5. The molecule has 2 fully saturated rings. The summed E-state index contributed by atoms with van der Waals surface area (Å²) in [6.45, 7) is 2.47. The van der Waals surface area contributed by atoms with E-state index in [0.717, 1.165) is 11.4 Å². The van der Waals surface area contributed by atoms with E-state index in [9.17, 15) is 13.2 Å². The molecule has 2 unspecified atom stereocenters. The molecule has 2 aliphatic rings. The fourth-order valence-electron chi connectivity index (χ4n) is 3.64. The number of amidine groups is 1. The highest BCUT2D eigenvalue weighted by atomic mass is 32.2. The van der Waals surface area contributed by atoms with E-state index in [0.29, 0.717) is 23.1 Å². The Morgan fingerprint density at radius 2 is 1.93 bits per heavy atom. The number of sulfone groups is 1. The van der Waals surface area contributed by atoms with Crippen LogP contribution in [0.2, 0.25) is 0 Å². The van der Waals surface area contributed by atoms with Crippen LogP contribution in [-0.4, -0.2) is 56.0 Å². The summed E-state index contributed by atoms with van der Waals surface area (Å²) in [5.74, 6) is 1.04. The third-order valence-corrected chi connectivity index (χ3v) is 8.22. The maximum atomic E-state index is 12.8. The van der Waals surface area contributed by atoms with Crippen molar-refractivity contribution < 1.29 is 22.7 Å². The molecule has 0 aromatic heterocycles.